The van der Waals surface area contributed by atoms with Gasteiger partial charge in [0.05, 0.1) is 4.90 Å². The first kappa shape index (κ1) is 18.6. The zero-order valence-corrected chi connectivity index (χ0v) is 14.8. The molecule has 1 aromatic carbocycles. The number of aromatic nitrogens is 2. The molecule has 0 radical (unpaired) electrons. The topological polar surface area (TPSA) is 66.4 Å². The van der Waals surface area contributed by atoms with Crippen LogP contribution < -0.4 is 4.90 Å². The smallest absolute Gasteiger partial charge is 0.338 e. The zero-order chi connectivity index (χ0) is 18.9. The van der Waals surface area contributed by atoms with Crippen LogP contribution in [0.5, 0.6) is 0 Å². The van der Waals surface area contributed by atoms with E-state index in [1.807, 2.05) is 6.92 Å². The normalized spacial score (nSPS) is 16.7. The first-order valence-electron chi connectivity index (χ1n) is 7.90. The maximum absolute atomic E-state index is 12.8. The summed E-state index contributed by atoms with van der Waals surface area (Å²) in [5.74, 6) is -0.0489. The zero-order valence-electron chi connectivity index (χ0n) is 13.9. The third-order valence-corrected chi connectivity index (χ3v) is 6.03. The average Bonchev–Trinajstić information content (AvgIpc) is 2.62. The Morgan fingerprint density at radius 1 is 1.00 bits per heavy atom. The van der Waals surface area contributed by atoms with Gasteiger partial charge in [0.25, 0.3) is 0 Å². The minimum Gasteiger partial charge on any atom is -0.338 e. The number of hydrogen-bond acceptors (Lipinski definition) is 5. The second-order valence-electron chi connectivity index (χ2n) is 5.94. The first-order valence-corrected chi connectivity index (χ1v) is 9.34. The van der Waals surface area contributed by atoms with E-state index in [9.17, 15) is 21.6 Å². The number of benzene rings is 1. The van der Waals surface area contributed by atoms with Crippen molar-refractivity contribution in [2.75, 3.05) is 31.1 Å². The van der Waals surface area contributed by atoms with Gasteiger partial charge >= 0.3 is 6.18 Å². The second-order valence-corrected chi connectivity index (χ2v) is 7.88. The number of piperazine rings is 1. The van der Waals surface area contributed by atoms with Crippen LogP contribution in [0.25, 0.3) is 0 Å². The molecule has 140 valence electrons. The lowest BCUT2D eigenvalue weighted by Crippen LogP contribution is -2.49. The van der Waals surface area contributed by atoms with E-state index in [-0.39, 0.29) is 37.0 Å². The highest BCUT2D eigenvalue weighted by atomic mass is 32.2. The van der Waals surface area contributed by atoms with Crippen molar-refractivity contribution in [2.24, 2.45) is 0 Å². The molecule has 1 aromatic heterocycles. The molecule has 2 aromatic rings. The molecule has 26 heavy (non-hydrogen) atoms. The minimum absolute atomic E-state index is 0.0489. The molecule has 0 unspecified atom stereocenters. The van der Waals surface area contributed by atoms with Crippen LogP contribution in [0.1, 0.15) is 11.3 Å². The number of hydrogen-bond donors (Lipinski definition) is 0. The van der Waals surface area contributed by atoms with Gasteiger partial charge in [-0.25, -0.2) is 18.4 Å². The lowest BCUT2D eigenvalue weighted by Gasteiger charge is -2.34. The molecule has 0 N–H and O–H groups in total. The van der Waals surface area contributed by atoms with Crippen LogP contribution >= 0.6 is 0 Å². The molecule has 0 amide bonds. The van der Waals surface area contributed by atoms with Gasteiger partial charge in [-0.05, 0) is 25.1 Å². The quantitative estimate of drug-likeness (QED) is 0.810. The van der Waals surface area contributed by atoms with Crippen LogP contribution in [-0.2, 0) is 16.2 Å². The molecule has 3 rings (SSSR count). The Morgan fingerprint density at radius 3 is 2.19 bits per heavy atom. The van der Waals surface area contributed by atoms with Crippen molar-refractivity contribution in [3.8, 4) is 0 Å². The lowest BCUT2D eigenvalue weighted by molar-refractivity contribution is -0.141. The number of nitrogens with zero attached hydrogens (tertiary/aromatic N) is 4. The Morgan fingerprint density at radius 2 is 1.62 bits per heavy atom. The molecule has 1 fully saturated rings. The predicted octanol–water partition coefficient (Wildman–Crippen LogP) is 2.31. The molecule has 0 spiro atoms. The summed E-state index contributed by atoms with van der Waals surface area (Å²) >= 11 is 0. The Kier molecular flexibility index (Phi) is 4.89. The van der Waals surface area contributed by atoms with Crippen molar-refractivity contribution in [2.45, 2.75) is 18.0 Å². The van der Waals surface area contributed by atoms with E-state index in [0.717, 1.165) is 17.8 Å². The van der Waals surface area contributed by atoms with Gasteiger partial charge < -0.3 is 4.90 Å². The standard InChI is InChI=1S/C16H17F3N4O2S/c1-12-2-4-13(5-3-12)26(24,25)23-10-8-22(9-11-23)15-20-7-6-14(21-15)16(17,18)19/h2-7H,8-11H2,1H3. The van der Waals surface area contributed by atoms with Gasteiger partial charge in [0, 0.05) is 32.4 Å². The Bertz CT molecular complexity index is 877. The molecular formula is C16H17F3N4O2S. The second kappa shape index (κ2) is 6.84. The Balaban J connectivity index is 1.72. The fourth-order valence-corrected chi connectivity index (χ4v) is 4.07. The molecule has 0 aliphatic carbocycles. The molecule has 10 heteroatoms. The highest BCUT2D eigenvalue weighted by molar-refractivity contribution is 7.89. The SMILES string of the molecule is Cc1ccc(S(=O)(=O)N2CCN(c3nccc(C(F)(F)F)n3)CC2)cc1. The maximum atomic E-state index is 12.8. The van der Waals surface area contributed by atoms with Crippen LogP contribution in [0.2, 0.25) is 0 Å². The van der Waals surface area contributed by atoms with E-state index in [1.165, 1.54) is 4.31 Å². The molecule has 1 aliphatic heterocycles. The largest absolute Gasteiger partial charge is 0.433 e. The number of alkyl halides is 3. The van der Waals surface area contributed by atoms with E-state index in [2.05, 4.69) is 9.97 Å². The van der Waals surface area contributed by atoms with Crippen molar-refractivity contribution >= 4 is 16.0 Å². The summed E-state index contributed by atoms with van der Waals surface area (Å²) in [7, 11) is -3.63. The minimum atomic E-state index is -4.55. The fraction of sp³-hybridized carbons (Fsp3) is 0.375. The van der Waals surface area contributed by atoms with Crippen LogP contribution in [0.3, 0.4) is 0 Å². The summed E-state index contributed by atoms with van der Waals surface area (Å²) in [5.41, 5.74) is -0.0623. The van der Waals surface area contributed by atoms with Gasteiger partial charge in [0.15, 0.2) is 0 Å². The van der Waals surface area contributed by atoms with Gasteiger partial charge in [-0.2, -0.15) is 17.5 Å². The van der Waals surface area contributed by atoms with Crippen LogP contribution in [0.15, 0.2) is 41.4 Å². The third-order valence-electron chi connectivity index (χ3n) is 4.11. The van der Waals surface area contributed by atoms with Crippen molar-refractivity contribution in [1.29, 1.82) is 0 Å². The number of anilines is 1. The van der Waals surface area contributed by atoms with Gasteiger partial charge in [-0.1, -0.05) is 17.7 Å². The molecule has 6 nitrogen and oxygen atoms in total. The summed E-state index contributed by atoms with van der Waals surface area (Å²) in [4.78, 5) is 9.18. The first-order chi connectivity index (χ1) is 12.2. The summed E-state index contributed by atoms with van der Waals surface area (Å²) in [6.45, 7) is 2.59. The van der Waals surface area contributed by atoms with E-state index in [0.29, 0.717) is 0 Å². The van der Waals surface area contributed by atoms with E-state index in [4.69, 9.17) is 0 Å². The Labute approximate surface area is 149 Å². The van der Waals surface area contributed by atoms with Crippen molar-refractivity contribution in [3.63, 3.8) is 0 Å². The highest BCUT2D eigenvalue weighted by Crippen LogP contribution is 2.28. The summed E-state index contributed by atoms with van der Waals surface area (Å²) in [6.07, 6.45) is -3.49. The fourth-order valence-electron chi connectivity index (χ4n) is 2.65. The van der Waals surface area contributed by atoms with E-state index in [1.54, 1.807) is 29.2 Å². The monoisotopic (exact) mass is 386 g/mol. The predicted molar refractivity (Wildman–Crippen MR) is 89.2 cm³/mol. The maximum Gasteiger partial charge on any atom is 0.433 e. The molecule has 0 saturated carbocycles. The average molecular weight is 386 g/mol. The van der Waals surface area contributed by atoms with Gasteiger partial charge in [0.1, 0.15) is 5.69 Å². The van der Waals surface area contributed by atoms with Crippen molar-refractivity contribution < 1.29 is 21.6 Å². The van der Waals surface area contributed by atoms with Gasteiger partial charge in [-0.15, -0.1) is 0 Å². The van der Waals surface area contributed by atoms with E-state index < -0.39 is 21.9 Å². The molecule has 0 atom stereocenters. The van der Waals surface area contributed by atoms with Gasteiger partial charge in [-0.3, -0.25) is 0 Å². The summed E-state index contributed by atoms with van der Waals surface area (Å²) < 4.78 is 64.9. The lowest BCUT2D eigenvalue weighted by atomic mass is 10.2. The number of halogens is 3. The Hall–Kier alpha value is -2.20. The number of rotatable bonds is 3. The molecule has 0 bridgehead atoms. The van der Waals surface area contributed by atoms with E-state index >= 15 is 0 Å². The third kappa shape index (κ3) is 3.80. The molecular weight excluding hydrogens is 369 g/mol. The summed E-state index contributed by atoms with van der Waals surface area (Å²) in [5, 5.41) is 0. The van der Waals surface area contributed by atoms with Crippen molar-refractivity contribution in [3.05, 3.63) is 47.8 Å². The molecule has 1 saturated heterocycles. The van der Waals surface area contributed by atoms with Crippen LogP contribution in [0.4, 0.5) is 19.1 Å². The summed E-state index contributed by atoms with van der Waals surface area (Å²) in [6, 6.07) is 7.35. The van der Waals surface area contributed by atoms with Crippen LogP contribution in [-0.4, -0.2) is 48.9 Å². The molecule has 1 aliphatic rings. The highest BCUT2D eigenvalue weighted by Gasteiger charge is 2.34. The van der Waals surface area contributed by atoms with Crippen molar-refractivity contribution in [1.82, 2.24) is 14.3 Å². The number of aryl methyl sites for hydroxylation is 1. The molecule has 2 heterocycles. The number of sulfonamides is 1. The van der Waals surface area contributed by atoms with Gasteiger partial charge in [0.2, 0.25) is 16.0 Å². The van der Waals surface area contributed by atoms with Crippen LogP contribution in [0, 0.1) is 6.92 Å².